The number of aromatic nitrogens is 3. The summed E-state index contributed by atoms with van der Waals surface area (Å²) in [5.74, 6) is 6.13. The van der Waals surface area contributed by atoms with Crippen molar-refractivity contribution < 1.29 is 9.18 Å². The lowest BCUT2D eigenvalue weighted by atomic mass is 10.0. The highest BCUT2D eigenvalue weighted by molar-refractivity contribution is 7.99. The molecule has 1 unspecified atom stereocenters. The van der Waals surface area contributed by atoms with Gasteiger partial charge in [-0.2, -0.15) is 0 Å². The standard InChI is InChI=1S/C16H20FN5OS/c1-11-6-4-5-9-21(11)14(23)10-24-16-20-19-15(22(16)18)12-7-2-3-8-13(12)17/h2-3,7-8,11H,4-6,9-10,18H2,1H3. The summed E-state index contributed by atoms with van der Waals surface area (Å²) >= 11 is 1.22. The molecule has 1 fully saturated rings. The lowest BCUT2D eigenvalue weighted by Crippen LogP contribution is -2.43. The second kappa shape index (κ2) is 7.21. The first-order valence-corrected chi connectivity index (χ1v) is 8.94. The van der Waals surface area contributed by atoms with Crippen molar-refractivity contribution in [2.24, 2.45) is 0 Å². The Balaban J connectivity index is 1.69. The fraction of sp³-hybridized carbons (Fsp3) is 0.438. The van der Waals surface area contributed by atoms with Crippen molar-refractivity contribution in [2.45, 2.75) is 37.4 Å². The Hall–Kier alpha value is -2.09. The summed E-state index contributed by atoms with van der Waals surface area (Å²) in [6.07, 6.45) is 3.26. The Morgan fingerprint density at radius 2 is 2.17 bits per heavy atom. The zero-order valence-electron chi connectivity index (χ0n) is 13.5. The van der Waals surface area contributed by atoms with Gasteiger partial charge in [0.25, 0.3) is 0 Å². The van der Waals surface area contributed by atoms with E-state index in [-0.39, 0.29) is 29.1 Å². The van der Waals surface area contributed by atoms with Crippen molar-refractivity contribution in [1.82, 2.24) is 19.8 Å². The van der Waals surface area contributed by atoms with Crippen molar-refractivity contribution in [1.29, 1.82) is 0 Å². The molecule has 24 heavy (non-hydrogen) atoms. The number of nitrogens with two attached hydrogens (primary N) is 1. The van der Waals surface area contributed by atoms with Crippen LogP contribution in [0.3, 0.4) is 0 Å². The quantitative estimate of drug-likeness (QED) is 0.677. The third kappa shape index (κ3) is 3.38. The van der Waals surface area contributed by atoms with Crippen molar-refractivity contribution in [3.8, 4) is 11.4 Å². The molecule has 6 nitrogen and oxygen atoms in total. The van der Waals surface area contributed by atoms with E-state index >= 15 is 0 Å². The molecule has 8 heteroatoms. The van der Waals surface area contributed by atoms with Gasteiger partial charge in [-0.1, -0.05) is 23.9 Å². The maximum atomic E-state index is 13.9. The molecule has 1 aromatic carbocycles. The summed E-state index contributed by atoms with van der Waals surface area (Å²) < 4.78 is 15.1. The van der Waals surface area contributed by atoms with Crippen LogP contribution in [0.1, 0.15) is 26.2 Å². The third-order valence-corrected chi connectivity index (χ3v) is 5.16. The van der Waals surface area contributed by atoms with Crippen LogP contribution in [0.25, 0.3) is 11.4 Å². The van der Waals surface area contributed by atoms with Crippen LogP contribution in [0.4, 0.5) is 4.39 Å². The van der Waals surface area contributed by atoms with Gasteiger partial charge in [-0.25, -0.2) is 9.07 Å². The summed E-state index contributed by atoms with van der Waals surface area (Å²) in [6, 6.07) is 6.53. The third-order valence-electron chi connectivity index (χ3n) is 4.23. The number of rotatable bonds is 4. The number of nitrogens with zero attached hydrogens (tertiary/aromatic N) is 4. The highest BCUT2D eigenvalue weighted by Gasteiger charge is 2.24. The summed E-state index contributed by atoms with van der Waals surface area (Å²) in [4.78, 5) is 14.3. The molecular weight excluding hydrogens is 329 g/mol. The number of thioether (sulfide) groups is 1. The molecular formula is C16H20FN5OS. The zero-order chi connectivity index (χ0) is 17.1. The van der Waals surface area contributed by atoms with Gasteiger partial charge in [0.15, 0.2) is 5.82 Å². The summed E-state index contributed by atoms with van der Waals surface area (Å²) in [5.41, 5.74) is 0.287. The topological polar surface area (TPSA) is 77.0 Å². The lowest BCUT2D eigenvalue weighted by Gasteiger charge is -2.33. The Kier molecular flexibility index (Phi) is 5.03. The molecule has 2 heterocycles. The van der Waals surface area contributed by atoms with E-state index in [2.05, 4.69) is 17.1 Å². The highest BCUT2D eigenvalue weighted by Crippen LogP contribution is 2.24. The highest BCUT2D eigenvalue weighted by atomic mass is 32.2. The lowest BCUT2D eigenvalue weighted by molar-refractivity contribution is -0.131. The molecule has 128 valence electrons. The van der Waals surface area contributed by atoms with Crippen LogP contribution in [0.5, 0.6) is 0 Å². The van der Waals surface area contributed by atoms with E-state index in [1.54, 1.807) is 18.2 Å². The number of hydrogen-bond donors (Lipinski definition) is 1. The van der Waals surface area contributed by atoms with E-state index in [4.69, 9.17) is 5.84 Å². The molecule has 0 bridgehead atoms. The molecule has 0 aliphatic carbocycles. The number of likely N-dealkylation sites (tertiary alicyclic amines) is 1. The Morgan fingerprint density at radius 3 is 2.92 bits per heavy atom. The molecule has 1 aromatic heterocycles. The van der Waals surface area contributed by atoms with Crippen LogP contribution in [0, 0.1) is 5.82 Å². The Labute approximate surface area is 144 Å². The average molecular weight is 349 g/mol. The molecule has 2 N–H and O–H groups in total. The van der Waals surface area contributed by atoms with Gasteiger partial charge in [-0.3, -0.25) is 4.79 Å². The van der Waals surface area contributed by atoms with Gasteiger partial charge in [-0.15, -0.1) is 10.2 Å². The maximum Gasteiger partial charge on any atom is 0.233 e. The number of benzene rings is 1. The summed E-state index contributed by atoms with van der Waals surface area (Å²) in [6.45, 7) is 2.87. The van der Waals surface area contributed by atoms with Crippen molar-refractivity contribution in [3.63, 3.8) is 0 Å². The first kappa shape index (κ1) is 16.8. The predicted octanol–water partition coefficient (Wildman–Crippen LogP) is 2.29. The first-order valence-electron chi connectivity index (χ1n) is 7.95. The molecule has 3 rings (SSSR count). The normalized spacial score (nSPS) is 17.9. The largest absolute Gasteiger partial charge is 0.339 e. The SMILES string of the molecule is CC1CCCCN1C(=O)CSc1nnc(-c2ccccc2F)n1N. The van der Waals surface area contributed by atoms with E-state index in [0.29, 0.717) is 5.16 Å². The van der Waals surface area contributed by atoms with Gasteiger partial charge in [0, 0.05) is 12.6 Å². The molecule has 1 atom stereocenters. The molecule has 1 aliphatic heterocycles. The Bertz CT molecular complexity index is 735. The number of carbonyl (C=O) groups excluding carboxylic acids is 1. The molecule has 0 radical (unpaired) electrons. The van der Waals surface area contributed by atoms with Crippen LogP contribution >= 0.6 is 11.8 Å². The van der Waals surface area contributed by atoms with Gasteiger partial charge < -0.3 is 10.7 Å². The van der Waals surface area contributed by atoms with Crippen molar-refractivity contribution in [2.75, 3.05) is 18.1 Å². The number of carbonyl (C=O) groups is 1. The minimum Gasteiger partial charge on any atom is -0.339 e. The van der Waals surface area contributed by atoms with Gasteiger partial charge in [0.1, 0.15) is 5.82 Å². The summed E-state index contributed by atoms with van der Waals surface area (Å²) in [7, 11) is 0. The van der Waals surface area contributed by atoms with Gasteiger partial charge >= 0.3 is 0 Å². The second-order valence-electron chi connectivity index (χ2n) is 5.88. The molecule has 2 aromatic rings. The maximum absolute atomic E-state index is 13.9. The van der Waals surface area contributed by atoms with Crippen LogP contribution in [0.2, 0.25) is 0 Å². The van der Waals surface area contributed by atoms with Crippen LogP contribution < -0.4 is 5.84 Å². The fourth-order valence-electron chi connectivity index (χ4n) is 2.88. The molecule has 1 aliphatic rings. The van der Waals surface area contributed by atoms with Crippen LogP contribution in [0.15, 0.2) is 29.4 Å². The molecule has 1 amide bonds. The average Bonchev–Trinajstić information content (AvgIpc) is 2.94. The monoisotopic (exact) mass is 349 g/mol. The van der Waals surface area contributed by atoms with Gasteiger partial charge in [-0.05, 0) is 38.3 Å². The molecule has 1 saturated heterocycles. The van der Waals surface area contributed by atoms with E-state index in [1.165, 1.54) is 28.9 Å². The smallest absolute Gasteiger partial charge is 0.233 e. The summed E-state index contributed by atoms with van der Waals surface area (Å²) in [5, 5.41) is 8.33. The minimum atomic E-state index is -0.411. The van der Waals surface area contributed by atoms with E-state index < -0.39 is 5.82 Å². The minimum absolute atomic E-state index is 0.0719. The number of piperidine rings is 1. The van der Waals surface area contributed by atoms with Crippen molar-refractivity contribution in [3.05, 3.63) is 30.1 Å². The molecule has 0 saturated carbocycles. The first-order chi connectivity index (χ1) is 11.6. The number of hydrogen-bond acceptors (Lipinski definition) is 5. The van der Waals surface area contributed by atoms with E-state index in [0.717, 1.165) is 19.4 Å². The number of halogens is 1. The molecule has 0 spiro atoms. The Morgan fingerprint density at radius 1 is 1.38 bits per heavy atom. The second-order valence-corrected chi connectivity index (χ2v) is 6.82. The van der Waals surface area contributed by atoms with E-state index in [1.807, 2.05) is 4.90 Å². The number of nitrogen functional groups attached to an aromatic ring is 1. The van der Waals surface area contributed by atoms with Gasteiger partial charge in [0.2, 0.25) is 11.1 Å². The fourth-order valence-corrected chi connectivity index (χ4v) is 3.62. The number of amides is 1. The van der Waals surface area contributed by atoms with Crippen molar-refractivity contribution >= 4 is 17.7 Å². The zero-order valence-corrected chi connectivity index (χ0v) is 14.3. The van der Waals surface area contributed by atoms with E-state index in [9.17, 15) is 9.18 Å². The van der Waals surface area contributed by atoms with Gasteiger partial charge in [0.05, 0.1) is 11.3 Å². The predicted molar refractivity (Wildman–Crippen MR) is 91.3 cm³/mol. The van der Waals surface area contributed by atoms with Crippen LogP contribution in [-0.4, -0.2) is 44.0 Å². The van der Waals surface area contributed by atoms with Crippen LogP contribution in [-0.2, 0) is 4.79 Å².